The van der Waals surface area contributed by atoms with E-state index in [0.29, 0.717) is 18.7 Å². The van der Waals surface area contributed by atoms with Crippen LogP contribution in [0.1, 0.15) is 53.4 Å². The Labute approximate surface area is 190 Å². The highest BCUT2D eigenvalue weighted by molar-refractivity contribution is 5.86. The maximum atomic E-state index is 11.7. The molecule has 0 heterocycles. The third-order valence-corrected chi connectivity index (χ3v) is 3.97. The Morgan fingerprint density at radius 2 is 1.31 bits per heavy atom. The highest BCUT2D eigenvalue weighted by atomic mass is 16.6. The Morgan fingerprint density at radius 3 is 1.75 bits per heavy atom. The van der Waals surface area contributed by atoms with Crippen LogP contribution >= 0.6 is 0 Å². The molecule has 2 amide bonds. The standard InChI is InChI=1S/C22H38N2O8/c1-15(2)19(25)29-13-17(5)31-21(27)23-11-9-7-8-10-12-24-22(28)32-18(6)14-30-20(26)16(3)4/h17-19,25H,1,3,7-14H2,2,4-6H3,(H,23,27)(H,24,28)/t17?,18-,19?/m1/s1. The Morgan fingerprint density at radius 1 is 0.844 bits per heavy atom. The summed E-state index contributed by atoms with van der Waals surface area (Å²) in [4.78, 5) is 34.6. The lowest BCUT2D eigenvalue weighted by molar-refractivity contribution is -0.141. The average Bonchev–Trinajstić information content (AvgIpc) is 2.71. The van der Waals surface area contributed by atoms with E-state index in [-0.39, 0.29) is 18.8 Å². The Balaban J connectivity index is 3.65. The summed E-state index contributed by atoms with van der Waals surface area (Å²) in [6.07, 6.45) is 0.0163. The molecule has 3 atom stereocenters. The first-order valence-corrected chi connectivity index (χ1v) is 10.7. The summed E-state index contributed by atoms with van der Waals surface area (Å²) in [6.45, 7) is 14.5. The van der Waals surface area contributed by atoms with Crippen LogP contribution in [0.5, 0.6) is 0 Å². The minimum absolute atomic E-state index is 0.0310. The van der Waals surface area contributed by atoms with Crippen LogP contribution in [0.3, 0.4) is 0 Å². The van der Waals surface area contributed by atoms with E-state index in [4.69, 9.17) is 18.9 Å². The molecule has 32 heavy (non-hydrogen) atoms. The van der Waals surface area contributed by atoms with E-state index in [1.807, 2.05) is 0 Å². The summed E-state index contributed by atoms with van der Waals surface area (Å²) in [6, 6.07) is 0. The highest BCUT2D eigenvalue weighted by Gasteiger charge is 2.13. The van der Waals surface area contributed by atoms with Crippen LogP contribution in [0, 0.1) is 0 Å². The van der Waals surface area contributed by atoms with Crippen molar-refractivity contribution in [2.75, 3.05) is 26.3 Å². The molecule has 3 N–H and O–H groups in total. The van der Waals surface area contributed by atoms with Gasteiger partial charge in [-0.25, -0.2) is 14.4 Å². The SMILES string of the molecule is C=C(C)C(=O)OC[C@@H](C)OC(=O)NCCCCCCNC(=O)OC(C)COC(O)C(=C)C. The van der Waals surface area contributed by atoms with Gasteiger partial charge in [0.1, 0.15) is 18.8 Å². The molecule has 0 aromatic rings. The van der Waals surface area contributed by atoms with Crippen LogP contribution < -0.4 is 10.6 Å². The minimum atomic E-state index is -1.07. The van der Waals surface area contributed by atoms with E-state index in [0.717, 1.165) is 25.7 Å². The molecule has 0 bridgehead atoms. The van der Waals surface area contributed by atoms with Gasteiger partial charge in [-0.2, -0.15) is 0 Å². The number of aliphatic hydroxyl groups excluding tert-OH is 1. The molecule has 0 saturated heterocycles. The summed E-state index contributed by atoms with van der Waals surface area (Å²) >= 11 is 0. The van der Waals surface area contributed by atoms with Crippen LogP contribution in [0.25, 0.3) is 0 Å². The lowest BCUT2D eigenvalue weighted by atomic mass is 10.2. The normalized spacial score (nSPS) is 13.3. The van der Waals surface area contributed by atoms with Gasteiger partial charge in [-0.15, -0.1) is 0 Å². The number of ether oxygens (including phenoxy) is 4. The molecular weight excluding hydrogens is 420 g/mol. The Hall–Kier alpha value is -2.59. The van der Waals surface area contributed by atoms with Crippen LogP contribution in [0.15, 0.2) is 24.3 Å². The van der Waals surface area contributed by atoms with Gasteiger partial charge in [0.15, 0.2) is 6.29 Å². The van der Waals surface area contributed by atoms with Gasteiger partial charge in [0.2, 0.25) is 0 Å². The topological polar surface area (TPSA) is 132 Å². The zero-order valence-electron chi connectivity index (χ0n) is 19.6. The minimum Gasteiger partial charge on any atom is -0.458 e. The van der Waals surface area contributed by atoms with Gasteiger partial charge >= 0.3 is 18.2 Å². The Bertz CT molecular complexity index is 623. The quantitative estimate of drug-likeness (QED) is 0.0803. The second kappa shape index (κ2) is 17.0. The fourth-order valence-corrected chi connectivity index (χ4v) is 2.19. The van der Waals surface area contributed by atoms with Gasteiger partial charge in [-0.1, -0.05) is 26.0 Å². The van der Waals surface area contributed by atoms with Gasteiger partial charge in [0, 0.05) is 18.7 Å². The van der Waals surface area contributed by atoms with Gasteiger partial charge in [0.05, 0.1) is 6.61 Å². The number of rotatable bonds is 16. The average molecular weight is 459 g/mol. The molecule has 0 aliphatic rings. The monoisotopic (exact) mass is 458 g/mol. The lowest BCUT2D eigenvalue weighted by Crippen LogP contribution is -2.31. The molecule has 0 spiro atoms. The van der Waals surface area contributed by atoms with Gasteiger partial charge in [-0.05, 0) is 46.1 Å². The van der Waals surface area contributed by atoms with Crippen LogP contribution in [-0.4, -0.2) is 68.1 Å². The predicted molar refractivity (Wildman–Crippen MR) is 119 cm³/mol. The van der Waals surface area contributed by atoms with Gasteiger partial charge in [0.25, 0.3) is 0 Å². The van der Waals surface area contributed by atoms with Crippen molar-refractivity contribution in [3.05, 3.63) is 24.3 Å². The van der Waals surface area contributed by atoms with E-state index in [1.165, 1.54) is 0 Å². The van der Waals surface area contributed by atoms with Crippen LogP contribution in [0.2, 0.25) is 0 Å². The number of carbonyl (C=O) groups excluding carboxylic acids is 3. The van der Waals surface area contributed by atoms with Crippen LogP contribution in [0.4, 0.5) is 9.59 Å². The third-order valence-electron chi connectivity index (χ3n) is 3.97. The molecule has 184 valence electrons. The van der Waals surface area contributed by atoms with Gasteiger partial charge in [-0.3, -0.25) is 0 Å². The molecule has 0 rings (SSSR count). The number of aliphatic hydroxyl groups is 1. The zero-order chi connectivity index (χ0) is 24.5. The van der Waals surface area contributed by atoms with E-state index in [2.05, 4.69) is 23.8 Å². The van der Waals surface area contributed by atoms with Crippen molar-refractivity contribution in [2.45, 2.75) is 71.9 Å². The van der Waals surface area contributed by atoms with E-state index in [1.54, 1.807) is 27.7 Å². The molecule has 0 aliphatic heterocycles. The highest BCUT2D eigenvalue weighted by Crippen LogP contribution is 2.03. The third kappa shape index (κ3) is 16.1. The smallest absolute Gasteiger partial charge is 0.407 e. The molecule has 0 fully saturated rings. The summed E-state index contributed by atoms with van der Waals surface area (Å²) in [5.41, 5.74) is 0.762. The zero-order valence-corrected chi connectivity index (χ0v) is 19.6. The summed E-state index contributed by atoms with van der Waals surface area (Å²) in [5.74, 6) is -0.523. The molecule has 10 heteroatoms. The van der Waals surface area contributed by atoms with E-state index < -0.39 is 36.7 Å². The fraction of sp³-hybridized carbons (Fsp3) is 0.682. The van der Waals surface area contributed by atoms with Crippen molar-refractivity contribution in [3.63, 3.8) is 0 Å². The molecule has 2 unspecified atom stereocenters. The van der Waals surface area contributed by atoms with E-state index in [9.17, 15) is 19.5 Å². The van der Waals surface area contributed by atoms with Gasteiger partial charge < -0.3 is 34.7 Å². The number of unbranched alkanes of at least 4 members (excludes halogenated alkanes) is 3. The van der Waals surface area contributed by atoms with Crippen molar-refractivity contribution in [2.24, 2.45) is 0 Å². The number of alkyl carbamates (subject to hydrolysis) is 2. The molecule has 0 aliphatic carbocycles. The van der Waals surface area contributed by atoms with Crippen molar-refractivity contribution in [1.82, 2.24) is 10.6 Å². The lowest BCUT2D eigenvalue weighted by Gasteiger charge is -2.17. The Kier molecular flexibility index (Phi) is 15.6. The maximum Gasteiger partial charge on any atom is 0.407 e. The number of hydrogen-bond acceptors (Lipinski definition) is 8. The second-order valence-corrected chi connectivity index (χ2v) is 7.61. The first-order valence-electron chi connectivity index (χ1n) is 10.7. The largest absolute Gasteiger partial charge is 0.458 e. The van der Waals surface area contributed by atoms with Crippen molar-refractivity contribution in [1.29, 1.82) is 0 Å². The molecule has 0 aromatic carbocycles. The molecule has 0 radical (unpaired) electrons. The second-order valence-electron chi connectivity index (χ2n) is 7.61. The summed E-state index contributed by atoms with van der Waals surface area (Å²) in [5, 5.41) is 14.8. The molecule has 0 aromatic heterocycles. The number of hydrogen-bond donors (Lipinski definition) is 3. The number of esters is 1. The molecular formula is C22H38N2O8. The number of carbonyl (C=O) groups is 3. The van der Waals surface area contributed by atoms with Crippen molar-refractivity contribution in [3.8, 4) is 0 Å². The maximum absolute atomic E-state index is 11.7. The molecule has 10 nitrogen and oxygen atoms in total. The molecule has 0 saturated carbocycles. The van der Waals surface area contributed by atoms with Crippen molar-refractivity contribution >= 4 is 18.2 Å². The first-order chi connectivity index (χ1) is 15.0. The first kappa shape index (κ1) is 29.4. The van der Waals surface area contributed by atoms with Crippen molar-refractivity contribution < 1.29 is 38.4 Å². The number of nitrogens with one attached hydrogen (secondary N) is 2. The summed E-state index contributed by atoms with van der Waals surface area (Å²) < 4.78 is 20.2. The van der Waals surface area contributed by atoms with E-state index >= 15 is 0 Å². The predicted octanol–water partition coefficient (Wildman–Crippen LogP) is 2.81. The number of amides is 2. The fourth-order valence-electron chi connectivity index (χ4n) is 2.19. The summed E-state index contributed by atoms with van der Waals surface area (Å²) in [7, 11) is 0. The van der Waals surface area contributed by atoms with Crippen LogP contribution in [-0.2, 0) is 23.7 Å².